The molecule has 4 aromatic rings. The zero-order valence-corrected chi connectivity index (χ0v) is 20.6. The van der Waals surface area contributed by atoms with Crippen LogP contribution in [0.15, 0.2) is 98.1 Å². The van der Waals surface area contributed by atoms with Gasteiger partial charge in [0.05, 0.1) is 0 Å². The quantitative estimate of drug-likeness (QED) is 0.217. The summed E-state index contributed by atoms with van der Waals surface area (Å²) in [5.74, 6) is 0. The minimum atomic E-state index is -4.94. The molecule has 0 radical (unpaired) electrons. The second-order valence-electron chi connectivity index (χ2n) is 8.24. The molecule has 0 amide bonds. The highest BCUT2D eigenvalue weighted by Gasteiger charge is 2.07. The minimum absolute atomic E-state index is 1.05. The molecule has 182 valence electrons. The molecule has 0 aliphatic rings. The molecule has 4 heterocycles. The summed E-state index contributed by atoms with van der Waals surface area (Å²) < 4.78 is 42.6. The van der Waals surface area contributed by atoms with Crippen LogP contribution >= 0.6 is 0 Å². The Labute approximate surface area is 207 Å². The van der Waals surface area contributed by atoms with E-state index in [-0.39, 0.29) is 0 Å². The Balaban J connectivity index is 0.000000623. The molecular weight excluding hydrogens is 468 g/mol. The van der Waals surface area contributed by atoms with E-state index in [0.717, 1.165) is 25.9 Å². The third kappa shape index (κ3) is 9.48. The minimum Gasteiger partial charge on any atom is -0.222 e. The van der Waals surface area contributed by atoms with Gasteiger partial charge in [0.25, 0.3) is 0 Å². The topological polar surface area (TPSA) is 108 Å². The molecule has 0 aliphatic carbocycles. The maximum Gasteiger partial charge on any atom is 0.169 e. The number of nitrogens with zero attached hydrogens (tertiary/aromatic N) is 4. The fraction of sp³-hybridized carbons (Fsp3) is 0.231. The molecule has 0 N–H and O–H groups in total. The van der Waals surface area contributed by atoms with Crippen LogP contribution in [0.2, 0.25) is 0 Å². The molecule has 0 aliphatic heterocycles. The van der Waals surface area contributed by atoms with Crippen molar-refractivity contribution >= 4 is 0 Å². The predicted molar refractivity (Wildman–Crippen MR) is 116 cm³/mol. The maximum atomic E-state index is 8.49. The maximum absolute atomic E-state index is 8.49. The lowest BCUT2D eigenvalue weighted by molar-refractivity contribution is -2.00. The van der Waals surface area contributed by atoms with Crippen molar-refractivity contribution in [3.63, 3.8) is 0 Å². The number of hydrogen-bond acceptors (Lipinski definition) is 4. The standard InChI is InChI=1S/C26H30N4.ClHO4/c1-27-15-5-23(6-16-27)25-9-19-29(20-10-25)13-3-4-14-30-21-11-26(12-22-30)24-7-17-28(2)18-8-24;2-1(3,4)5/h5-12,15-22H,3-4,13-14H2,1-2H3;(H,2,3,4,5)/q+4;/p-1. The summed E-state index contributed by atoms with van der Waals surface area (Å²) in [6.45, 7) is 2.09. The lowest BCUT2D eigenvalue weighted by atomic mass is 10.1. The summed E-state index contributed by atoms with van der Waals surface area (Å²) >= 11 is 0. The molecule has 8 nitrogen and oxygen atoms in total. The molecule has 0 saturated carbocycles. The van der Waals surface area contributed by atoms with Crippen LogP contribution in [-0.2, 0) is 27.2 Å². The van der Waals surface area contributed by atoms with Crippen molar-refractivity contribution in [1.29, 1.82) is 0 Å². The number of rotatable bonds is 7. The second kappa shape index (κ2) is 12.4. The monoisotopic (exact) mass is 497 g/mol. The van der Waals surface area contributed by atoms with Crippen LogP contribution in [0.25, 0.3) is 22.3 Å². The first-order valence-electron chi connectivity index (χ1n) is 11.2. The van der Waals surface area contributed by atoms with Crippen molar-refractivity contribution in [2.75, 3.05) is 0 Å². The zero-order valence-electron chi connectivity index (χ0n) is 19.9. The normalized spacial score (nSPS) is 11.0. The van der Waals surface area contributed by atoms with Crippen LogP contribution in [0.1, 0.15) is 12.8 Å². The first-order valence-corrected chi connectivity index (χ1v) is 12.4. The SMILES string of the molecule is C[n+]1ccc(-c2cc[n+](CCCC[n+]3ccc(-c4cc[n+](C)cc4)cc3)cc2)cc1.[O-][Cl+3]([O-])([O-])[O-]. The summed E-state index contributed by atoms with van der Waals surface area (Å²) in [5.41, 5.74) is 5.03. The van der Waals surface area contributed by atoms with Gasteiger partial charge in [0.15, 0.2) is 49.6 Å². The summed E-state index contributed by atoms with van der Waals surface area (Å²) in [6, 6.07) is 17.4. The summed E-state index contributed by atoms with van der Waals surface area (Å²) in [6.07, 6.45) is 19.4. The van der Waals surface area contributed by atoms with Crippen LogP contribution in [0.3, 0.4) is 0 Å². The van der Waals surface area contributed by atoms with Gasteiger partial charge in [0, 0.05) is 61.4 Å². The van der Waals surface area contributed by atoms with Crippen LogP contribution in [-0.4, -0.2) is 0 Å². The van der Waals surface area contributed by atoms with Gasteiger partial charge in [-0.1, -0.05) is 0 Å². The molecular formula is C26H30ClN4O4+3. The Kier molecular flexibility index (Phi) is 9.36. The Hall–Kier alpha value is -3.27. The lowest BCUT2D eigenvalue weighted by Gasteiger charge is -2.17. The highest BCUT2D eigenvalue weighted by atomic mass is 35.7. The van der Waals surface area contributed by atoms with E-state index in [1.54, 1.807) is 0 Å². The predicted octanol–water partition coefficient (Wildman–Crippen LogP) is -2.03. The van der Waals surface area contributed by atoms with Gasteiger partial charge in [0.2, 0.25) is 0 Å². The molecule has 0 bridgehead atoms. The van der Waals surface area contributed by atoms with E-state index in [4.69, 9.17) is 18.6 Å². The smallest absolute Gasteiger partial charge is 0.169 e. The van der Waals surface area contributed by atoms with Gasteiger partial charge < -0.3 is 0 Å². The fourth-order valence-corrected chi connectivity index (χ4v) is 3.57. The largest absolute Gasteiger partial charge is 0.222 e. The van der Waals surface area contributed by atoms with E-state index in [9.17, 15) is 0 Å². The molecule has 0 unspecified atom stereocenters. The van der Waals surface area contributed by atoms with Crippen molar-refractivity contribution in [3.05, 3.63) is 98.1 Å². The van der Waals surface area contributed by atoms with E-state index in [1.165, 1.54) is 22.3 Å². The average Bonchev–Trinajstić information content (AvgIpc) is 2.83. The Bertz CT molecular complexity index is 1080. The highest BCUT2D eigenvalue weighted by molar-refractivity contribution is 5.61. The summed E-state index contributed by atoms with van der Waals surface area (Å²) in [5, 5.41) is 0. The van der Waals surface area contributed by atoms with E-state index in [2.05, 4.69) is 116 Å². The third-order valence-electron chi connectivity index (χ3n) is 5.49. The molecule has 4 aromatic heterocycles. The lowest BCUT2D eigenvalue weighted by Crippen LogP contribution is -2.68. The summed E-state index contributed by atoms with van der Waals surface area (Å²) in [4.78, 5) is 0. The number of unbranched alkanes of at least 4 members (excludes halogenated alkanes) is 1. The summed E-state index contributed by atoms with van der Waals surface area (Å²) in [7, 11) is -0.864. The van der Waals surface area contributed by atoms with Gasteiger partial charge in [-0.15, -0.1) is 10.2 Å². The number of halogens is 1. The third-order valence-corrected chi connectivity index (χ3v) is 5.49. The van der Waals surface area contributed by atoms with Gasteiger partial charge in [-0.3, -0.25) is 0 Å². The molecule has 0 fully saturated rings. The molecule has 0 aromatic carbocycles. The van der Waals surface area contributed by atoms with E-state index in [1.807, 2.05) is 14.1 Å². The van der Waals surface area contributed by atoms with Crippen molar-refractivity contribution in [1.82, 2.24) is 0 Å². The zero-order chi connectivity index (χ0) is 25.3. The first kappa shape index (κ1) is 26.3. The van der Waals surface area contributed by atoms with E-state index >= 15 is 0 Å². The molecule has 0 spiro atoms. The molecule has 9 heteroatoms. The fourth-order valence-electron chi connectivity index (χ4n) is 3.57. The van der Waals surface area contributed by atoms with Crippen LogP contribution in [0.5, 0.6) is 0 Å². The van der Waals surface area contributed by atoms with Crippen molar-refractivity contribution in [2.24, 2.45) is 14.1 Å². The number of aryl methyl sites for hydroxylation is 4. The van der Waals surface area contributed by atoms with E-state index in [0.29, 0.717) is 0 Å². The first-order chi connectivity index (χ1) is 16.7. The Morgan fingerprint density at radius 1 is 0.486 bits per heavy atom. The highest BCUT2D eigenvalue weighted by Crippen LogP contribution is 2.16. The Morgan fingerprint density at radius 2 is 0.714 bits per heavy atom. The number of pyridine rings is 4. The molecule has 0 saturated heterocycles. The van der Waals surface area contributed by atoms with Gasteiger partial charge >= 0.3 is 0 Å². The van der Waals surface area contributed by atoms with Gasteiger partial charge in [-0.05, 0) is 22.3 Å². The van der Waals surface area contributed by atoms with Gasteiger partial charge in [-0.2, -0.15) is 0 Å². The van der Waals surface area contributed by atoms with Crippen LogP contribution in [0.4, 0.5) is 0 Å². The van der Waals surface area contributed by atoms with Crippen LogP contribution < -0.4 is 36.9 Å². The van der Waals surface area contributed by atoms with Gasteiger partial charge in [0.1, 0.15) is 27.2 Å². The van der Waals surface area contributed by atoms with Crippen LogP contribution in [0, 0.1) is 10.2 Å². The second-order valence-corrected chi connectivity index (χ2v) is 8.99. The molecule has 4 rings (SSSR count). The number of aromatic nitrogens is 4. The number of hydrogen-bond donors (Lipinski definition) is 0. The molecule has 35 heavy (non-hydrogen) atoms. The van der Waals surface area contributed by atoms with Crippen molar-refractivity contribution in [3.8, 4) is 22.3 Å². The van der Waals surface area contributed by atoms with E-state index < -0.39 is 10.2 Å². The molecule has 0 atom stereocenters. The van der Waals surface area contributed by atoms with Crippen molar-refractivity contribution < 1.29 is 47.1 Å². The van der Waals surface area contributed by atoms with Crippen molar-refractivity contribution in [2.45, 2.75) is 25.9 Å². The Morgan fingerprint density at radius 3 is 0.971 bits per heavy atom. The average molecular weight is 498 g/mol. The van der Waals surface area contributed by atoms with Gasteiger partial charge in [-0.25, -0.2) is 36.9 Å².